The molecule has 1 aromatic carbocycles. The van der Waals surface area contributed by atoms with E-state index in [9.17, 15) is 19.7 Å². The summed E-state index contributed by atoms with van der Waals surface area (Å²) in [5, 5.41) is 16.3. The van der Waals surface area contributed by atoms with Gasteiger partial charge in [-0.2, -0.15) is 0 Å². The first-order chi connectivity index (χ1) is 9.83. The Morgan fingerprint density at radius 3 is 2.81 bits per heavy atom. The molecule has 0 spiro atoms. The molecule has 3 atom stereocenters. The zero-order valence-corrected chi connectivity index (χ0v) is 11.4. The number of ketones is 1. The number of carbonyl (C=O) groups is 2. The van der Waals surface area contributed by atoms with E-state index in [4.69, 9.17) is 4.74 Å². The summed E-state index contributed by atoms with van der Waals surface area (Å²) in [5.74, 6) is -0.753. The zero-order valence-electron chi connectivity index (χ0n) is 11.4. The third kappa shape index (κ3) is 1.83. The van der Waals surface area contributed by atoms with Gasteiger partial charge in [-0.1, -0.05) is 12.1 Å². The van der Waals surface area contributed by atoms with Crippen LogP contribution in [0.15, 0.2) is 18.2 Å². The lowest BCUT2D eigenvalue weighted by molar-refractivity contribution is -0.386. The lowest BCUT2D eigenvalue weighted by Gasteiger charge is -2.48. The van der Waals surface area contributed by atoms with Crippen molar-refractivity contribution < 1.29 is 19.2 Å². The molecule has 2 heterocycles. The Morgan fingerprint density at radius 1 is 1.48 bits per heavy atom. The topological polar surface area (TPSA) is 111 Å². The van der Waals surface area contributed by atoms with Crippen molar-refractivity contribution in [2.45, 2.75) is 25.6 Å². The molecular weight excluding hydrogens is 278 g/mol. The summed E-state index contributed by atoms with van der Waals surface area (Å²) in [7, 11) is 0. The second-order valence-electron chi connectivity index (χ2n) is 5.33. The summed E-state index contributed by atoms with van der Waals surface area (Å²) >= 11 is 0. The highest BCUT2D eigenvalue weighted by atomic mass is 16.6. The van der Waals surface area contributed by atoms with Gasteiger partial charge in [0, 0.05) is 11.6 Å². The lowest BCUT2D eigenvalue weighted by atomic mass is 9.78. The predicted molar refractivity (Wildman–Crippen MR) is 70.7 cm³/mol. The standard InChI is InChI=1S/C13H13N3O5/c1-6(17)9-10-7-4-3-5-8(16(19)20)11(7)21-13(9,2)15-12(18)14-10/h3-5,9-10H,1-2H3,(H2,14,15,18). The summed E-state index contributed by atoms with van der Waals surface area (Å²) in [5.41, 5.74) is -1.06. The molecule has 1 aromatic rings. The van der Waals surface area contributed by atoms with Gasteiger partial charge in [0.25, 0.3) is 0 Å². The minimum absolute atomic E-state index is 0.0833. The lowest BCUT2D eigenvalue weighted by Crippen LogP contribution is -2.69. The van der Waals surface area contributed by atoms with E-state index in [0.717, 1.165) is 0 Å². The summed E-state index contributed by atoms with van der Waals surface area (Å²) in [6, 6.07) is 3.33. The quantitative estimate of drug-likeness (QED) is 0.629. The largest absolute Gasteiger partial charge is 0.460 e. The fraction of sp³-hybridized carbons (Fsp3) is 0.385. The third-order valence-electron chi connectivity index (χ3n) is 3.88. The van der Waals surface area contributed by atoms with Gasteiger partial charge in [-0.15, -0.1) is 0 Å². The molecule has 2 aliphatic heterocycles. The molecule has 3 unspecified atom stereocenters. The molecule has 2 aliphatic rings. The molecule has 0 aromatic heterocycles. The number of nitrogens with one attached hydrogen (secondary N) is 2. The molecule has 0 radical (unpaired) electrons. The van der Waals surface area contributed by atoms with Gasteiger partial charge >= 0.3 is 11.7 Å². The van der Waals surface area contributed by atoms with Crippen molar-refractivity contribution in [1.29, 1.82) is 0 Å². The molecule has 8 heteroatoms. The van der Waals surface area contributed by atoms with E-state index in [-0.39, 0.29) is 17.2 Å². The Bertz CT molecular complexity index is 674. The number of nitrogens with zero attached hydrogens (tertiary/aromatic N) is 1. The monoisotopic (exact) mass is 291 g/mol. The minimum Gasteiger partial charge on any atom is -0.460 e. The first-order valence-corrected chi connectivity index (χ1v) is 6.39. The third-order valence-corrected chi connectivity index (χ3v) is 3.88. The van der Waals surface area contributed by atoms with Gasteiger partial charge in [0.2, 0.25) is 5.75 Å². The van der Waals surface area contributed by atoms with E-state index in [1.807, 2.05) is 0 Å². The fourth-order valence-corrected chi connectivity index (χ4v) is 3.10. The highest BCUT2D eigenvalue weighted by Gasteiger charge is 2.55. The maximum atomic E-state index is 11.9. The van der Waals surface area contributed by atoms with Gasteiger partial charge < -0.3 is 10.1 Å². The van der Waals surface area contributed by atoms with Crippen LogP contribution in [0.1, 0.15) is 25.5 Å². The molecule has 110 valence electrons. The van der Waals surface area contributed by atoms with Crippen LogP contribution in [-0.2, 0) is 4.79 Å². The Balaban J connectivity index is 2.23. The average molecular weight is 291 g/mol. The molecule has 21 heavy (non-hydrogen) atoms. The number of benzene rings is 1. The van der Waals surface area contributed by atoms with Crippen molar-refractivity contribution in [3.05, 3.63) is 33.9 Å². The summed E-state index contributed by atoms with van der Waals surface area (Å²) in [6.07, 6.45) is 0. The van der Waals surface area contributed by atoms with Crippen LogP contribution in [0, 0.1) is 16.0 Å². The molecule has 2 N–H and O–H groups in total. The number of urea groups is 1. The number of rotatable bonds is 2. The highest BCUT2D eigenvalue weighted by molar-refractivity contribution is 5.87. The summed E-state index contributed by atoms with van der Waals surface area (Å²) in [6.45, 7) is 2.95. The smallest absolute Gasteiger partial charge is 0.318 e. The molecule has 3 rings (SSSR count). The first-order valence-electron chi connectivity index (χ1n) is 6.39. The molecule has 0 aliphatic carbocycles. The number of nitro benzene ring substituents is 1. The Hall–Kier alpha value is -2.64. The Morgan fingerprint density at radius 2 is 2.19 bits per heavy atom. The molecule has 8 nitrogen and oxygen atoms in total. The molecule has 2 bridgehead atoms. The van der Waals surface area contributed by atoms with Crippen molar-refractivity contribution >= 4 is 17.5 Å². The number of hydrogen-bond donors (Lipinski definition) is 2. The van der Waals surface area contributed by atoms with Crippen LogP contribution in [0.25, 0.3) is 0 Å². The molecule has 2 amide bonds. The number of amides is 2. The number of nitro groups is 1. The van der Waals surface area contributed by atoms with Gasteiger partial charge in [0.1, 0.15) is 11.7 Å². The van der Waals surface area contributed by atoms with Crippen LogP contribution in [0.3, 0.4) is 0 Å². The first kappa shape index (κ1) is 13.3. The van der Waals surface area contributed by atoms with Crippen molar-refractivity contribution in [2.24, 2.45) is 5.92 Å². The average Bonchev–Trinajstić information content (AvgIpc) is 2.35. The highest BCUT2D eigenvalue weighted by Crippen LogP contribution is 2.48. The van der Waals surface area contributed by atoms with Crippen molar-refractivity contribution in [2.75, 3.05) is 0 Å². The molecular formula is C13H13N3O5. The van der Waals surface area contributed by atoms with Crippen LogP contribution in [0.5, 0.6) is 5.75 Å². The Labute approximate surface area is 119 Å². The Kier molecular flexibility index (Phi) is 2.65. The molecule has 1 saturated heterocycles. The van der Waals surface area contributed by atoms with E-state index >= 15 is 0 Å². The van der Waals surface area contributed by atoms with E-state index in [2.05, 4.69) is 10.6 Å². The van der Waals surface area contributed by atoms with Gasteiger partial charge in [-0.05, 0) is 13.8 Å². The summed E-state index contributed by atoms with van der Waals surface area (Å²) in [4.78, 5) is 34.3. The van der Waals surface area contributed by atoms with Crippen LogP contribution < -0.4 is 15.4 Å². The number of para-hydroxylation sites is 1. The van der Waals surface area contributed by atoms with E-state index in [1.165, 1.54) is 19.1 Å². The van der Waals surface area contributed by atoms with Gasteiger partial charge in [-0.3, -0.25) is 20.2 Å². The van der Waals surface area contributed by atoms with Crippen LogP contribution in [-0.4, -0.2) is 22.5 Å². The van der Waals surface area contributed by atoms with E-state index < -0.39 is 28.6 Å². The van der Waals surface area contributed by atoms with E-state index in [0.29, 0.717) is 5.56 Å². The normalized spacial score (nSPS) is 29.5. The maximum Gasteiger partial charge on any atom is 0.318 e. The minimum atomic E-state index is -1.31. The fourth-order valence-electron chi connectivity index (χ4n) is 3.10. The van der Waals surface area contributed by atoms with Crippen LogP contribution >= 0.6 is 0 Å². The van der Waals surface area contributed by atoms with Crippen molar-refractivity contribution in [3.8, 4) is 5.75 Å². The zero-order chi connectivity index (χ0) is 15.4. The number of Topliss-reactive ketones (excluding diaryl/α,β-unsaturated/α-hetero) is 1. The number of hydrogen-bond acceptors (Lipinski definition) is 5. The second-order valence-corrected chi connectivity index (χ2v) is 5.33. The van der Waals surface area contributed by atoms with Crippen LogP contribution in [0.2, 0.25) is 0 Å². The van der Waals surface area contributed by atoms with Gasteiger partial charge in [0.15, 0.2) is 5.72 Å². The molecule has 1 fully saturated rings. The van der Waals surface area contributed by atoms with Gasteiger partial charge in [0.05, 0.1) is 11.0 Å². The summed E-state index contributed by atoms with van der Waals surface area (Å²) < 4.78 is 5.69. The number of fused-ring (bicyclic) bond motifs is 4. The van der Waals surface area contributed by atoms with E-state index in [1.54, 1.807) is 13.0 Å². The van der Waals surface area contributed by atoms with Crippen LogP contribution in [0.4, 0.5) is 10.5 Å². The number of ether oxygens (including phenoxy) is 1. The molecule has 0 saturated carbocycles. The maximum absolute atomic E-state index is 11.9. The van der Waals surface area contributed by atoms with Gasteiger partial charge in [-0.25, -0.2) is 4.79 Å². The van der Waals surface area contributed by atoms with Crippen molar-refractivity contribution in [1.82, 2.24) is 10.6 Å². The second kappa shape index (κ2) is 4.18. The SMILES string of the molecule is CC(=O)C1C2NC(=O)NC1(C)Oc1c2cccc1[N+](=O)[O-]. The predicted octanol–water partition coefficient (Wildman–Crippen LogP) is 1.26. The number of carbonyl (C=O) groups excluding carboxylic acids is 2. The van der Waals surface area contributed by atoms with Crippen molar-refractivity contribution in [3.63, 3.8) is 0 Å².